The van der Waals surface area contributed by atoms with Gasteiger partial charge in [-0.3, -0.25) is 9.78 Å². The maximum Gasteiger partial charge on any atom is 0.226 e. The lowest BCUT2D eigenvalue weighted by molar-refractivity contribution is -0.125. The average molecular weight is 514 g/mol. The Hall–Kier alpha value is -4.55. The van der Waals surface area contributed by atoms with Crippen molar-refractivity contribution >= 4 is 22.5 Å². The molecule has 38 heavy (non-hydrogen) atoms. The minimum atomic E-state index is -0.720. The van der Waals surface area contributed by atoms with E-state index in [1.807, 2.05) is 17.0 Å². The Labute approximate surface area is 218 Å². The minimum Gasteiger partial charge on any atom is -0.506 e. The van der Waals surface area contributed by atoms with Crippen molar-refractivity contribution in [2.45, 2.75) is 12.5 Å². The van der Waals surface area contributed by atoms with E-state index in [4.69, 9.17) is 5.73 Å². The first-order valence-electron chi connectivity index (χ1n) is 12.1. The molecule has 4 N–H and O–H groups in total. The molecule has 7 nitrogen and oxygen atoms in total. The van der Waals surface area contributed by atoms with Crippen LogP contribution < -0.4 is 16.0 Å². The standard InChI is InChI=1S/C29H25F2N5O2/c1-34-29(38)24-15-36(8-7-25(24)33)27-22-11-16(21-4-2-3-17(13-32)28(21)37)5-6-26(22)35-14-23(27)18-9-19(30)12-20(31)10-18/h2-6,9-12,14,24-25,37H,7-8,15,33H2,1H3,(H,34,38)/t24-,25-/m1/s1. The van der Waals surface area contributed by atoms with Gasteiger partial charge < -0.3 is 21.1 Å². The molecule has 0 radical (unpaired) electrons. The molecule has 2 atom stereocenters. The highest BCUT2D eigenvalue weighted by molar-refractivity contribution is 6.02. The molecule has 0 bridgehead atoms. The summed E-state index contributed by atoms with van der Waals surface area (Å²) in [4.78, 5) is 19.2. The van der Waals surface area contributed by atoms with Gasteiger partial charge in [-0.1, -0.05) is 18.2 Å². The van der Waals surface area contributed by atoms with Crippen molar-refractivity contribution in [2.24, 2.45) is 11.7 Å². The number of hydrogen-bond acceptors (Lipinski definition) is 6. The predicted molar refractivity (Wildman–Crippen MR) is 141 cm³/mol. The maximum atomic E-state index is 14.3. The summed E-state index contributed by atoms with van der Waals surface area (Å²) >= 11 is 0. The van der Waals surface area contributed by atoms with Gasteiger partial charge in [-0.25, -0.2) is 8.78 Å². The van der Waals surface area contributed by atoms with E-state index in [0.29, 0.717) is 58.4 Å². The predicted octanol–water partition coefficient (Wildman–Crippen LogP) is 4.32. The highest BCUT2D eigenvalue weighted by atomic mass is 19.1. The van der Waals surface area contributed by atoms with Gasteiger partial charge in [0.15, 0.2) is 0 Å². The third-order valence-corrected chi connectivity index (χ3v) is 7.05. The number of piperidine rings is 1. The van der Waals surface area contributed by atoms with E-state index < -0.39 is 17.6 Å². The first kappa shape index (κ1) is 25.1. The van der Waals surface area contributed by atoms with Gasteiger partial charge in [0.1, 0.15) is 23.5 Å². The van der Waals surface area contributed by atoms with Crippen molar-refractivity contribution in [1.29, 1.82) is 5.26 Å². The number of aromatic nitrogens is 1. The van der Waals surface area contributed by atoms with Crippen LogP contribution in [0.5, 0.6) is 5.75 Å². The van der Waals surface area contributed by atoms with Crippen molar-refractivity contribution in [3.05, 3.63) is 78.0 Å². The molecule has 5 rings (SSSR count). The number of carbonyl (C=O) groups excluding carboxylic acids is 1. The molecular formula is C29H25F2N5O2. The number of phenols is 1. The SMILES string of the molecule is CNC(=O)[C@@H]1CN(c2c(-c3cc(F)cc(F)c3)cnc3ccc(-c4cccc(C#N)c4O)cc23)CC[C@H]1N. The van der Waals surface area contributed by atoms with Crippen molar-refractivity contribution in [3.8, 4) is 34.1 Å². The van der Waals surface area contributed by atoms with Crippen LogP contribution in [0.1, 0.15) is 12.0 Å². The number of nitrogens with zero attached hydrogens (tertiary/aromatic N) is 3. The number of nitrogens with one attached hydrogen (secondary N) is 1. The Morgan fingerprint density at radius 2 is 1.89 bits per heavy atom. The number of nitrogens with two attached hydrogens (primary N) is 1. The highest BCUT2D eigenvalue weighted by Crippen LogP contribution is 2.41. The van der Waals surface area contributed by atoms with Crippen LogP contribution in [0, 0.1) is 28.9 Å². The van der Waals surface area contributed by atoms with E-state index in [1.165, 1.54) is 18.2 Å². The number of amides is 1. The Morgan fingerprint density at radius 3 is 2.61 bits per heavy atom. The zero-order valence-electron chi connectivity index (χ0n) is 20.6. The van der Waals surface area contributed by atoms with Crippen LogP contribution in [0.4, 0.5) is 14.5 Å². The smallest absolute Gasteiger partial charge is 0.226 e. The lowest BCUT2D eigenvalue weighted by atomic mass is 9.90. The minimum absolute atomic E-state index is 0.142. The van der Waals surface area contributed by atoms with Crippen LogP contribution in [-0.2, 0) is 4.79 Å². The molecule has 192 valence electrons. The third-order valence-electron chi connectivity index (χ3n) is 7.05. The second kappa shape index (κ2) is 10.1. The topological polar surface area (TPSA) is 115 Å². The Bertz CT molecular complexity index is 1580. The summed E-state index contributed by atoms with van der Waals surface area (Å²) < 4.78 is 28.5. The lowest BCUT2D eigenvalue weighted by Crippen LogP contribution is -2.52. The zero-order chi connectivity index (χ0) is 27.0. The number of carbonyl (C=O) groups is 1. The highest BCUT2D eigenvalue weighted by Gasteiger charge is 2.33. The first-order valence-corrected chi connectivity index (χ1v) is 12.1. The number of aromatic hydroxyl groups is 1. The van der Waals surface area contributed by atoms with Gasteiger partial charge in [-0.15, -0.1) is 0 Å². The molecule has 0 unspecified atom stereocenters. The van der Waals surface area contributed by atoms with E-state index in [-0.39, 0.29) is 23.3 Å². The van der Waals surface area contributed by atoms with Crippen LogP contribution >= 0.6 is 0 Å². The summed E-state index contributed by atoms with van der Waals surface area (Å²) in [7, 11) is 1.56. The van der Waals surface area contributed by atoms with Crippen molar-refractivity contribution in [3.63, 3.8) is 0 Å². The van der Waals surface area contributed by atoms with Crippen LogP contribution in [0.3, 0.4) is 0 Å². The van der Waals surface area contributed by atoms with Gasteiger partial charge in [0, 0.05) is 55.0 Å². The number of benzene rings is 3. The summed E-state index contributed by atoms with van der Waals surface area (Å²) in [6.45, 7) is 0.808. The molecule has 1 aliphatic heterocycles. The molecule has 1 aliphatic rings. The van der Waals surface area contributed by atoms with Crippen LogP contribution in [-0.4, -0.2) is 42.2 Å². The Kier molecular flexibility index (Phi) is 6.66. The van der Waals surface area contributed by atoms with Crippen LogP contribution in [0.2, 0.25) is 0 Å². The number of hydrogen-bond donors (Lipinski definition) is 3. The van der Waals surface area contributed by atoms with Gasteiger partial charge in [-0.05, 0) is 47.9 Å². The molecule has 1 saturated heterocycles. The molecule has 4 aromatic rings. The molecule has 1 amide bonds. The average Bonchev–Trinajstić information content (AvgIpc) is 2.91. The fourth-order valence-corrected chi connectivity index (χ4v) is 5.11. The Balaban J connectivity index is 1.76. The van der Waals surface area contributed by atoms with Gasteiger partial charge >= 0.3 is 0 Å². The van der Waals surface area contributed by atoms with Crippen LogP contribution in [0.15, 0.2) is 60.8 Å². The number of pyridine rings is 1. The maximum absolute atomic E-state index is 14.3. The molecule has 9 heteroatoms. The van der Waals surface area contributed by atoms with Crippen molar-refractivity contribution in [2.75, 3.05) is 25.0 Å². The second-order valence-electron chi connectivity index (χ2n) is 9.34. The number of nitriles is 1. The van der Waals surface area contributed by atoms with Gasteiger partial charge in [0.2, 0.25) is 5.91 Å². The summed E-state index contributed by atoms with van der Waals surface area (Å²) in [6, 6.07) is 15.3. The molecule has 0 saturated carbocycles. The van der Waals surface area contributed by atoms with E-state index in [1.54, 1.807) is 37.5 Å². The monoisotopic (exact) mass is 513 g/mol. The number of phenolic OH excluding ortho intramolecular Hbond substituents is 1. The number of halogens is 2. The molecular weight excluding hydrogens is 488 g/mol. The largest absolute Gasteiger partial charge is 0.506 e. The molecule has 0 aliphatic carbocycles. The van der Waals surface area contributed by atoms with E-state index in [0.717, 1.165) is 6.07 Å². The number of anilines is 1. The summed E-state index contributed by atoms with van der Waals surface area (Å²) in [5.41, 5.74) is 9.59. The number of para-hydroxylation sites is 1. The lowest BCUT2D eigenvalue weighted by Gasteiger charge is -2.38. The summed E-state index contributed by atoms with van der Waals surface area (Å²) in [5, 5.41) is 23.4. The zero-order valence-corrected chi connectivity index (χ0v) is 20.6. The normalized spacial score (nSPS) is 17.3. The van der Waals surface area contributed by atoms with Gasteiger partial charge in [-0.2, -0.15) is 5.26 Å². The summed E-state index contributed by atoms with van der Waals surface area (Å²) in [5.74, 6) is -2.26. The van der Waals surface area contributed by atoms with Crippen molar-refractivity contribution < 1.29 is 18.7 Å². The van der Waals surface area contributed by atoms with Gasteiger partial charge in [0.25, 0.3) is 0 Å². The molecule has 1 fully saturated rings. The van der Waals surface area contributed by atoms with E-state index in [9.17, 15) is 23.9 Å². The summed E-state index contributed by atoms with van der Waals surface area (Å²) in [6.07, 6.45) is 2.10. The van der Waals surface area contributed by atoms with Crippen molar-refractivity contribution in [1.82, 2.24) is 10.3 Å². The number of fused-ring (bicyclic) bond motifs is 1. The molecule has 0 spiro atoms. The third kappa shape index (κ3) is 4.51. The fourth-order valence-electron chi connectivity index (χ4n) is 5.11. The first-order chi connectivity index (χ1) is 18.3. The Morgan fingerprint density at radius 1 is 1.13 bits per heavy atom. The molecule has 1 aromatic heterocycles. The van der Waals surface area contributed by atoms with Crippen LogP contribution in [0.25, 0.3) is 33.2 Å². The quantitative estimate of drug-likeness (QED) is 0.374. The number of rotatable bonds is 4. The van der Waals surface area contributed by atoms with E-state index >= 15 is 0 Å². The van der Waals surface area contributed by atoms with E-state index in [2.05, 4.69) is 10.3 Å². The van der Waals surface area contributed by atoms with Gasteiger partial charge in [0.05, 0.1) is 22.7 Å². The fraction of sp³-hybridized carbons (Fsp3) is 0.207. The second-order valence-corrected chi connectivity index (χ2v) is 9.34. The molecule has 3 aromatic carbocycles. The molecule has 2 heterocycles.